The normalized spacial score (nSPS) is 11.6. The van der Waals surface area contributed by atoms with Gasteiger partial charge in [0.15, 0.2) is 0 Å². The molecule has 0 fully saturated rings. The van der Waals surface area contributed by atoms with Crippen LogP contribution in [0.2, 0.25) is 0 Å². The fourth-order valence-corrected chi connectivity index (χ4v) is 1.75. The Hall–Kier alpha value is -1.30. The van der Waals surface area contributed by atoms with E-state index in [9.17, 15) is 0 Å². The van der Waals surface area contributed by atoms with E-state index >= 15 is 0 Å². The van der Waals surface area contributed by atoms with Crippen LogP contribution < -0.4 is 11.1 Å². The second kappa shape index (κ2) is 8.81. The standard InChI is InChI=1S/C15H22N2/c1-2-3-7-12-17-15(13-16)11-10-14-8-5-4-6-9-14/h4-6,8-9,15,17H,7,10-13,16H2,1H3. The Morgan fingerprint density at radius 2 is 2.06 bits per heavy atom. The highest BCUT2D eigenvalue weighted by Gasteiger charge is 2.05. The number of nitrogens with one attached hydrogen (secondary N) is 1. The van der Waals surface area contributed by atoms with E-state index in [2.05, 4.69) is 41.4 Å². The van der Waals surface area contributed by atoms with Gasteiger partial charge in [-0.25, -0.2) is 0 Å². The van der Waals surface area contributed by atoms with Crippen LogP contribution in [0.4, 0.5) is 0 Å². The number of hydrogen-bond donors (Lipinski definition) is 2. The Kier molecular flexibility index (Phi) is 7.13. The average Bonchev–Trinajstić information content (AvgIpc) is 2.39. The summed E-state index contributed by atoms with van der Waals surface area (Å²) in [5.74, 6) is 5.94. The summed E-state index contributed by atoms with van der Waals surface area (Å²) in [6, 6.07) is 10.9. The van der Waals surface area contributed by atoms with Crippen LogP contribution in [0.1, 0.15) is 25.3 Å². The first kappa shape index (κ1) is 13.8. The van der Waals surface area contributed by atoms with Gasteiger partial charge in [-0.2, -0.15) is 0 Å². The van der Waals surface area contributed by atoms with Crippen LogP contribution in [0.25, 0.3) is 0 Å². The molecule has 92 valence electrons. The van der Waals surface area contributed by atoms with E-state index in [0.717, 1.165) is 25.8 Å². The van der Waals surface area contributed by atoms with Crippen molar-refractivity contribution in [2.24, 2.45) is 5.73 Å². The first-order valence-electron chi connectivity index (χ1n) is 6.23. The third kappa shape index (κ3) is 6.11. The molecule has 0 aliphatic carbocycles. The van der Waals surface area contributed by atoms with Gasteiger partial charge in [0.2, 0.25) is 0 Å². The minimum absolute atomic E-state index is 0.397. The van der Waals surface area contributed by atoms with Gasteiger partial charge in [0.1, 0.15) is 0 Å². The van der Waals surface area contributed by atoms with Gasteiger partial charge < -0.3 is 11.1 Å². The van der Waals surface area contributed by atoms with Crippen molar-refractivity contribution in [3.05, 3.63) is 35.9 Å². The molecule has 0 bridgehead atoms. The minimum Gasteiger partial charge on any atom is -0.329 e. The summed E-state index contributed by atoms with van der Waals surface area (Å²) in [5, 5.41) is 3.45. The summed E-state index contributed by atoms with van der Waals surface area (Å²) in [7, 11) is 0. The van der Waals surface area contributed by atoms with Crippen molar-refractivity contribution < 1.29 is 0 Å². The molecule has 0 aliphatic rings. The summed E-state index contributed by atoms with van der Waals surface area (Å²) < 4.78 is 0. The molecule has 2 heteroatoms. The van der Waals surface area contributed by atoms with E-state index in [1.807, 2.05) is 13.0 Å². The molecule has 17 heavy (non-hydrogen) atoms. The maximum Gasteiger partial charge on any atom is 0.0214 e. The molecule has 0 spiro atoms. The largest absolute Gasteiger partial charge is 0.329 e. The number of hydrogen-bond acceptors (Lipinski definition) is 2. The summed E-state index contributed by atoms with van der Waals surface area (Å²) in [4.78, 5) is 0. The molecule has 3 N–H and O–H groups in total. The van der Waals surface area contributed by atoms with Crippen molar-refractivity contribution in [2.75, 3.05) is 13.1 Å². The molecule has 1 atom stereocenters. The Bertz CT molecular complexity index is 348. The average molecular weight is 230 g/mol. The highest BCUT2D eigenvalue weighted by atomic mass is 14.9. The van der Waals surface area contributed by atoms with E-state index < -0.39 is 0 Å². The van der Waals surface area contributed by atoms with Crippen LogP contribution in [-0.4, -0.2) is 19.1 Å². The SMILES string of the molecule is CC#CCCNC(CN)CCc1ccccc1. The molecule has 2 nitrogen and oxygen atoms in total. The van der Waals surface area contributed by atoms with Crippen molar-refractivity contribution in [1.29, 1.82) is 0 Å². The molecule has 0 heterocycles. The lowest BCUT2D eigenvalue weighted by molar-refractivity contribution is 0.494. The predicted molar refractivity (Wildman–Crippen MR) is 73.7 cm³/mol. The first-order chi connectivity index (χ1) is 8.36. The zero-order valence-corrected chi connectivity index (χ0v) is 10.6. The summed E-state index contributed by atoms with van der Waals surface area (Å²) in [5.41, 5.74) is 7.13. The Morgan fingerprint density at radius 3 is 2.71 bits per heavy atom. The van der Waals surface area contributed by atoms with Crippen LogP contribution in [0.5, 0.6) is 0 Å². The molecular weight excluding hydrogens is 208 g/mol. The summed E-state index contributed by atoms with van der Waals surface area (Å²) >= 11 is 0. The molecule has 1 unspecified atom stereocenters. The molecule has 0 amide bonds. The lowest BCUT2D eigenvalue weighted by Gasteiger charge is -2.15. The molecule has 0 saturated heterocycles. The van der Waals surface area contributed by atoms with Gasteiger partial charge in [-0.15, -0.1) is 11.8 Å². The predicted octanol–water partition coefficient (Wildman–Crippen LogP) is 1.95. The Labute approximate surface area is 105 Å². The second-order valence-corrected chi connectivity index (χ2v) is 4.09. The fourth-order valence-electron chi connectivity index (χ4n) is 1.75. The molecule has 1 aromatic carbocycles. The molecule has 0 aromatic heterocycles. The molecule has 1 rings (SSSR count). The Balaban J connectivity index is 2.24. The third-order valence-corrected chi connectivity index (χ3v) is 2.77. The fraction of sp³-hybridized carbons (Fsp3) is 0.467. The molecular formula is C15H22N2. The van der Waals surface area contributed by atoms with Crippen molar-refractivity contribution in [1.82, 2.24) is 5.32 Å². The van der Waals surface area contributed by atoms with Crippen molar-refractivity contribution in [3.63, 3.8) is 0 Å². The van der Waals surface area contributed by atoms with Crippen LogP contribution in [0, 0.1) is 11.8 Å². The zero-order chi connectivity index (χ0) is 12.3. The van der Waals surface area contributed by atoms with Crippen molar-refractivity contribution in [2.45, 2.75) is 32.2 Å². The van der Waals surface area contributed by atoms with Crippen molar-refractivity contribution in [3.8, 4) is 11.8 Å². The molecule has 0 aliphatic heterocycles. The number of aryl methyl sites for hydroxylation is 1. The quantitative estimate of drug-likeness (QED) is 0.555. The lowest BCUT2D eigenvalue weighted by Crippen LogP contribution is -2.36. The molecule has 1 aromatic rings. The second-order valence-electron chi connectivity index (χ2n) is 4.09. The zero-order valence-electron chi connectivity index (χ0n) is 10.6. The summed E-state index contributed by atoms with van der Waals surface area (Å²) in [6.07, 6.45) is 3.06. The van der Waals surface area contributed by atoms with Gasteiger partial charge in [-0.3, -0.25) is 0 Å². The molecule has 0 radical (unpaired) electrons. The van der Waals surface area contributed by atoms with Gasteiger partial charge in [0.05, 0.1) is 0 Å². The Morgan fingerprint density at radius 1 is 1.29 bits per heavy atom. The third-order valence-electron chi connectivity index (χ3n) is 2.77. The van der Waals surface area contributed by atoms with Crippen LogP contribution in [0.15, 0.2) is 30.3 Å². The van der Waals surface area contributed by atoms with Gasteiger partial charge in [-0.1, -0.05) is 30.3 Å². The highest BCUT2D eigenvalue weighted by molar-refractivity contribution is 5.14. The lowest BCUT2D eigenvalue weighted by atomic mass is 10.1. The number of benzene rings is 1. The summed E-state index contributed by atoms with van der Waals surface area (Å²) in [6.45, 7) is 3.49. The number of nitrogens with two attached hydrogens (primary N) is 1. The first-order valence-corrected chi connectivity index (χ1v) is 6.23. The van der Waals surface area contributed by atoms with Gasteiger partial charge in [0, 0.05) is 25.6 Å². The molecule has 0 saturated carbocycles. The monoisotopic (exact) mass is 230 g/mol. The number of rotatable bonds is 7. The maximum atomic E-state index is 5.75. The minimum atomic E-state index is 0.397. The van der Waals surface area contributed by atoms with Gasteiger partial charge >= 0.3 is 0 Å². The van der Waals surface area contributed by atoms with Crippen LogP contribution >= 0.6 is 0 Å². The van der Waals surface area contributed by atoms with Crippen LogP contribution in [-0.2, 0) is 6.42 Å². The van der Waals surface area contributed by atoms with Crippen LogP contribution in [0.3, 0.4) is 0 Å². The highest BCUT2D eigenvalue weighted by Crippen LogP contribution is 2.04. The maximum absolute atomic E-state index is 5.75. The van der Waals surface area contributed by atoms with E-state index in [1.165, 1.54) is 5.56 Å². The topological polar surface area (TPSA) is 38.0 Å². The van der Waals surface area contributed by atoms with E-state index in [4.69, 9.17) is 5.73 Å². The van der Waals surface area contributed by atoms with E-state index in [-0.39, 0.29) is 0 Å². The van der Waals surface area contributed by atoms with Gasteiger partial charge in [0.25, 0.3) is 0 Å². The van der Waals surface area contributed by atoms with Crippen molar-refractivity contribution >= 4 is 0 Å². The van der Waals surface area contributed by atoms with E-state index in [0.29, 0.717) is 12.6 Å². The smallest absolute Gasteiger partial charge is 0.0214 e. The van der Waals surface area contributed by atoms with E-state index in [1.54, 1.807) is 0 Å². The van der Waals surface area contributed by atoms with Gasteiger partial charge in [-0.05, 0) is 25.3 Å².